The molecule has 6 nitrogen and oxygen atoms in total. The largest absolute Gasteiger partial charge is 0.384 e. The van der Waals surface area contributed by atoms with E-state index >= 15 is 0 Å². The van der Waals surface area contributed by atoms with Crippen molar-refractivity contribution in [3.8, 4) is 0 Å². The average molecular weight is 297 g/mol. The molecule has 1 aromatic heterocycles. The summed E-state index contributed by atoms with van der Waals surface area (Å²) in [7, 11) is -3.51. The number of nitrogens with zero attached hydrogens (tertiary/aromatic N) is 2. The molecule has 110 valence electrons. The summed E-state index contributed by atoms with van der Waals surface area (Å²) in [6.07, 6.45) is 5.34. The van der Waals surface area contributed by atoms with Crippen LogP contribution in [-0.2, 0) is 14.8 Å². The molecule has 2 fully saturated rings. The van der Waals surface area contributed by atoms with Gasteiger partial charge in [-0.3, -0.25) is 0 Å². The number of sulfonamides is 1. The van der Waals surface area contributed by atoms with Gasteiger partial charge in [-0.2, -0.15) is 4.31 Å². The first-order valence-corrected chi connectivity index (χ1v) is 8.38. The van der Waals surface area contributed by atoms with Gasteiger partial charge in [0, 0.05) is 12.7 Å². The van der Waals surface area contributed by atoms with Gasteiger partial charge in [0.25, 0.3) is 0 Å². The monoisotopic (exact) mass is 297 g/mol. The quantitative estimate of drug-likeness (QED) is 0.880. The van der Waals surface area contributed by atoms with Crippen LogP contribution in [0.15, 0.2) is 23.2 Å². The van der Waals surface area contributed by atoms with Crippen LogP contribution in [0.2, 0.25) is 0 Å². The molecule has 2 unspecified atom stereocenters. The Hall–Kier alpha value is -1.18. The van der Waals surface area contributed by atoms with E-state index in [0.717, 1.165) is 25.7 Å². The average Bonchev–Trinajstić information content (AvgIpc) is 2.47. The number of morpholine rings is 1. The van der Waals surface area contributed by atoms with Gasteiger partial charge in [-0.1, -0.05) is 12.8 Å². The maximum Gasteiger partial charge on any atom is 0.245 e. The van der Waals surface area contributed by atoms with Gasteiger partial charge < -0.3 is 10.5 Å². The van der Waals surface area contributed by atoms with Crippen molar-refractivity contribution >= 4 is 15.8 Å². The van der Waals surface area contributed by atoms with Gasteiger partial charge in [-0.05, 0) is 25.0 Å². The van der Waals surface area contributed by atoms with Gasteiger partial charge in [0.15, 0.2) is 0 Å². The number of ether oxygens (including phenoxy) is 1. The number of nitrogen functional groups attached to an aromatic ring is 1. The second-order valence-corrected chi connectivity index (χ2v) is 7.19. The standard InChI is InChI=1S/C13H19N3O3S/c14-13-6-5-10(9-15-13)20(17,18)16-7-8-19-12-4-2-1-3-11(12)16/h5-6,9,11-12H,1-4,7-8H2,(H2,14,15). The number of rotatable bonds is 2. The van der Waals surface area contributed by atoms with Crippen molar-refractivity contribution in [2.24, 2.45) is 0 Å². The number of aromatic nitrogens is 1. The van der Waals surface area contributed by atoms with E-state index < -0.39 is 10.0 Å². The zero-order valence-corrected chi connectivity index (χ0v) is 12.1. The Morgan fingerprint density at radius 1 is 1.30 bits per heavy atom. The van der Waals surface area contributed by atoms with Crippen LogP contribution in [0.1, 0.15) is 25.7 Å². The summed E-state index contributed by atoms with van der Waals surface area (Å²) in [5.41, 5.74) is 5.52. The van der Waals surface area contributed by atoms with Crippen molar-refractivity contribution in [1.82, 2.24) is 9.29 Å². The second kappa shape index (κ2) is 5.31. The van der Waals surface area contributed by atoms with Crippen molar-refractivity contribution in [1.29, 1.82) is 0 Å². The molecular weight excluding hydrogens is 278 g/mol. The minimum Gasteiger partial charge on any atom is -0.384 e. The lowest BCUT2D eigenvalue weighted by Gasteiger charge is -2.42. The third-order valence-corrected chi connectivity index (χ3v) is 5.96. The number of hydrogen-bond acceptors (Lipinski definition) is 5. The van der Waals surface area contributed by atoms with Crippen LogP contribution in [0.5, 0.6) is 0 Å². The van der Waals surface area contributed by atoms with E-state index in [1.165, 1.54) is 18.3 Å². The number of hydrogen-bond donors (Lipinski definition) is 1. The summed E-state index contributed by atoms with van der Waals surface area (Å²) in [5, 5.41) is 0. The van der Waals surface area contributed by atoms with Crippen molar-refractivity contribution in [3.05, 3.63) is 18.3 Å². The van der Waals surface area contributed by atoms with Gasteiger partial charge in [0.05, 0.1) is 18.8 Å². The van der Waals surface area contributed by atoms with Crippen LogP contribution in [0.3, 0.4) is 0 Å². The van der Waals surface area contributed by atoms with Crippen molar-refractivity contribution in [2.75, 3.05) is 18.9 Å². The lowest BCUT2D eigenvalue weighted by molar-refractivity contribution is -0.0586. The van der Waals surface area contributed by atoms with E-state index in [1.807, 2.05) is 0 Å². The first kappa shape index (κ1) is 13.8. The lowest BCUT2D eigenvalue weighted by Crippen LogP contribution is -2.54. The van der Waals surface area contributed by atoms with Crippen LogP contribution >= 0.6 is 0 Å². The fourth-order valence-corrected chi connectivity index (χ4v) is 4.65. The Labute approximate surface area is 119 Å². The van der Waals surface area contributed by atoms with Crippen LogP contribution in [-0.4, -0.2) is 43.0 Å². The molecule has 7 heteroatoms. The summed E-state index contributed by atoms with van der Waals surface area (Å²) in [6.45, 7) is 0.872. The first-order chi connectivity index (χ1) is 9.59. The molecule has 0 radical (unpaired) electrons. The smallest absolute Gasteiger partial charge is 0.245 e. The molecule has 0 amide bonds. The number of fused-ring (bicyclic) bond motifs is 1. The highest BCUT2D eigenvalue weighted by Crippen LogP contribution is 2.32. The van der Waals surface area contributed by atoms with Crippen LogP contribution < -0.4 is 5.73 Å². The molecule has 0 spiro atoms. The summed E-state index contributed by atoms with van der Waals surface area (Å²) in [5.74, 6) is 0.321. The van der Waals surface area contributed by atoms with Gasteiger partial charge in [-0.15, -0.1) is 0 Å². The molecule has 1 aliphatic heterocycles. The topological polar surface area (TPSA) is 85.5 Å². The molecule has 20 heavy (non-hydrogen) atoms. The summed E-state index contributed by atoms with van der Waals surface area (Å²) < 4.78 is 32.8. The summed E-state index contributed by atoms with van der Waals surface area (Å²) >= 11 is 0. The van der Waals surface area contributed by atoms with Gasteiger partial charge in [0.1, 0.15) is 10.7 Å². The Morgan fingerprint density at radius 3 is 2.85 bits per heavy atom. The van der Waals surface area contributed by atoms with Gasteiger partial charge in [-0.25, -0.2) is 13.4 Å². The van der Waals surface area contributed by atoms with Crippen molar-refractivity contribution in [3.63, 3.8) is 0 Å². The SMILES string of the molecule is Nc1ccc(S(=O)(=O)N2CCOC3CCCCC32)cn1. The fraction of sp³-hybridized carbons (Fsp3) is 0.615. The Morgan fingerprint density at radius 2 is 2.10 bits per heavy atom. The maximum atomic E-state index is 12.7. The molecule has 1 aliphatic carbocycles. The van der Waals surface area contributed by atoms with E-state index in [-0.39, 0.29) is 17.0 Å². The van der Waals surface area contributed by atoms with E-state index in [0.29, 0.717) is 19.0 Å². The molecule has 2 atom stereocenters. The number of nitrogens with two attached hydrogens (primary N) is 1. The predicted molar refractivity (Wildman–Crippen MR) is 74.5 cm³/mol. The van der Waals surface area contributed by atoms with Crippen molar-refractivity contribution in [2.45, 2.75) is 42.7 Å². The molecule has 0 bridgehead atoms. The van der Waals surface area contributed by atoms with Crippen molar-refractivity contribution < 1.29 is 13.2 Å². The lowest BCUT2D eigenvalue weighted by atomic mass is 9.91. The minimum atomic E-state index is -3.51. The maximum absolute atomic E-state index is 12.7. The zero-order valence-electron chi connectivity index (χ0n) is 11.2. The summed E-state index contributed by atoms with van der Waals surface area (Å²) in [4.78, 5) is 4.09. The zero-order chi connectivity index (χ0) is 14.2. The molecule has 1 saturated heterocycles. The third-order valence-electron chi connectivity index (χ3n) is 4.05. The van der Waals surface area contributed by atoms with E-state index in [9.17, 15) is 8.42 Å². The highest BCUT2D eigenvalue weighted by atomic mass is 32.2. The molecule has 0 aromatic carbocycles. The Balaban J connectivity index is 1.91. The van der Waals surface area contributed by atoms with Crippen LogP contribution in [0, 0.1) is 0 Å². The van der Waals surface area contributed by atoms with Gasteiger partial charge in [0.2, 0.25) is 10.0 Å². The molecular formula is C13H19N3O3S. The number of pyridine rings is 1. The highest BCUT2D eigenvalue weighted by Gasteiger charge is 2.40. The predicted octanol–water partition coefficient (Wildman–Crippen LogP) is 0.996. The minimum absolute atomic E-state index is 0.0361. The summed E-state index contributed by atoms with van der Waals surface area (Å²) in [6, 6.07) is 3.00. The van der Waals surface area contributed by atoms with Gasteiger partial charge >= 0.3 is 0 Å². The molecule has 1 saturated carbocycles. The molecule has 2 N–H and O–H groups in total. The van der Waals surface area contributed by atoms with Crippen LogP contribution in [0.25, 0.3) is 0 Å². The second-order valence-electron chi connectivity index (χ2n) is 5.30. The highest BCUT2D eigenvalue weighted by molar-refractivity contribution is 7.89. The fourth-order valence-electron chi connectivity index (χ4n) is 3.04. The molecule has 3 rings (SSSR count). The molecule has 2 heterocycles. The first-order valence-electron chi connectivity index (χ1n) is 6.94. The Bertz CT molecular complexity index is 571. The normalized spacial score (nSPS) is 28.0. The number of anilines is 1. The van der Waals surface area contributed by atoms with Crippen LogP contribution in [0.4, 0.5) is 5.82 Å². The van der Waals surface area contributed by atoms with E-state index in [2.05, 4.69) is 4.98 Å². The Kier molecular flexibility index (Phi) is 3.66. The van der Waals surface area contributed by atoms with E-state index in [4.69, 9.17) is 10.5 Å². The van der Waals surface area contributed by atoms with E-state index in [1.54, 1.807) is 4.31 Å². The molecule has 2 aliphatic rings. The molecule has 1 aromatic rings. The third kappa shape index (κ3) is 2.41.